The summed E-state index contributed by atoms with van der Waals surface area (Å²) in [4.78, 5) is 16.0. The zero-order chi connectivity index (χ0) is 19.0. The Labute approximate surface area is 177 Å². The van der Waals surface area contributed by atoms with Crippen molar-refractivity contribution in [2.75, 3.05) is 18.4 Å². The van der Waals surface area contributed by atoms with E-state index < -0.39 is 5.41 Å². The summed E-state index contributed by atoms with van der Waals surface area (Å²) < 4.78 is 5.79. The summed E-state index contributed by atoms with van der Waals surface area (Å²) in [6.45, 7) is 6.45. The van der Waals surface area contributed by atoms with Crippen LogP contribution >= 0.6 is 24.0 Å². The van der Waals surface area contributed by atoms with Crippen molar-refractivity contribution >= 4 is 41.5 Å². The largest absolute Gasteiger partial charge is 0.457 e. The highest BCUT2D eigenvalue weighted by atomic mass is 127. The van der Waals surface area contributed by atoms with E-state index in [1.165, 1.54) is 0 Å². The molecule has 2 aromatic carbocycles. The lowest BCUT2D eigenvalue weighted by molar-refractivity contribution is -0.128. The molecule has 0 radical (unpaired) electrons. The third-order valence-corrected chi connectivity index (χ3v) is 3.45. The second-order valence-electron chi connectivity index (χ2n) is 6.84. The number of nitrogens with one attached hydrogen (secondary N) is 2. The van der Waals surface area contributed by atoms with Crippen LogP contribution in [0.1, 0.15) is 20.8 Å². The highest BCUT2D eigenvalue weighted by Gasteiger charge is 2.20. The average molecular weight is 482 g/mol. The van der Waals surface area contributed by atoms with Gasteiger partial charge in [0.05, 0.1) is 6.54 Å². The van der Waals surface area contributed by atoms with E-state index in [0.717, 1.165) is 11.4 Å². The number of nitrogens with zero attached hydrogens (tertiary/aromatic N) is 1. The molecular weight excluding hydrogens is 455 g/mol. The second-order valence-corrected chi connectivity index (χ2v) is 6.84. The lowest BCUT2D eigenvalue weighted by atomic mass is 9.96. The lowest BCUT2D eigenvalue weighted by Crippen LogP contribution is -2.36. The SMILES string of the molecule is CC(C)(C)C(=O)NCCN=C(N)Nc1cccc(Oc2ccccc2)c1.I. The van der Waals surface area contributed by atoms with E-state index in [2.05, 4.69) is 15.6 Å². The monoisotopic (exact) mass is 482 g/mol. The number of anilines is 1. The minimum absolute atomic E-state index is 0. The maximum Gasteiger partial charge on any atom is 0.225 e. The number of guanidine groups is 1. The van der Waals surface area contributed by atoms with Gasteiger partial charge in [0.25, 0.3) is 0 Å². The minimum Gasteiger partial charge on any atom is -0.457 e. The first-order chi connectivity index (χ1) is 12.3. The van der Waals surface area contributed by atoms with Crippen molar-refractivity contribution in [1.82, 2.24) is 5.32 Å². The number of carbonyl (C=O) groups is 1. The summed E-state index contributed by atoms with van der Waals surface area (Å²) in [5.74, 6) is 1.74. The minimum atomic E-state index is -0.410. The van der Waals surface area contributed by atoms with Crippen LogP contribution in [0.15, 0.2) is 59.6 Å². The number of nitrogens with two attached hydrogens (primary N) is 1. The number of hydrogen-bond acceptors (Lipinski definition) is 3. The van der Waals surface area contributed by atoms with Gasteiger partial charge in [-0.05, 0) is 24.3 Å². The molecule has 2 aromatic rings. The Balaban J connectivity index is 0.00000364. The van der Waals surface area contributed by atoms with E-state index in [0.29, 0.717) is 18.8 Å². The van der Waals surface area contributed by atoms with Gasteiger partial charge in [-0.3, -0.25) is 9.79 Å². The van der Waals surface area contributed by atoms with Crippen molar-refractivity contribution in [1.29, 1.82) is 0 Å². The van der Waals surface area contributed by atoms with Crippen LogP contribution in [0.2, 0.25) is 0 Å². The smallest absolute Gasteiger partial charge is 0.225 e. The van der Waals surface area contributed by atoms with Crippen molar-refractivity contribution in [3.05, 3.63) is 54.6 Å². The van der Waals surface area contributed by atoms with Crippen molar-refractivity contribution in [3.63, 3.8) is 0 Å². The van der Waals surface area contributed by atoms with Crippen LogP contribution in [0.25, 0.3) is 0 Å². The standard InChI is InChI=1S/C20H26N4O2.HI/c1-20(2,3)18(25)22-12-13-23-19(21)24-15-8-7-11-17(14-15)26-16-9-5-4-6-10-16;/h4-11,14H,12-13H2,1-3H3,(H,22,25)(H3,21,23,24);1H. The number of halogens is 1. The summed E-state index contributed by atoms with van der Waals surface area (Å²) in [5.41, 5.74) is 6.26. The Morgan fingerprint density at radius 2 is 1.74 bits per heavy atom. The molecule has 6 nitrogen and oxygen atoms in total. The van der Waals surface area contributed by atoms with Gasteiger partial charge in [-0.2, -0.15) is 0 Å². The average Bonchev–Trinajstić information content (AvgIpc) is 2.59. The van der Waals surface area contributed by atoms with Gasteiger partial charge in [-0.25, -0.2) is 0 Å². The number of ether oxygens (including phenoxy) is 1. The first-order valence-electron chi connectivity index (χ1n) is 8.53. The summed E-state index contributed by atoms with van der Waals surface area (Å²) in [6, 6.07) is 17.0. The number of rotatable bonds is 6. The van der Waals surface area contributed by atoms with Crippen LogP contribution in [-0.2, 0) is 4.79 Å². The Bertz CT molecular complexity index is 758. The van der Waals surface area contributed by atoms with E-state index in [1.54, 1.807) is 0 Å². The zero-order valence-electron chi connectivity index (χ0n) is 15.9. The summed E-state index contributed by atoms with van der Waals surface area (Å²) >= 11 is 0. The zero-order valence-corrected chi connectivity index (χ0v) is 18.2. The molecule has 0 aliphatic carbocycles. The molecule has 0 fully saturated rings. The normalized spacial score (nSPS) is 11.3. The summed E-state index contributed by atoms with van der Waals surface area (Å²) in [5, 5.41) is 5.85. The van der Waals surface area contributed by atoms with Crippen LogP contribution < -0.4 is 21.1 Å². The Kier molecular flexibility index (Phi) is 9.07. The number of amides is 1. The molecule has 146 valence electrons. The van der Waals surface area contributed by atoms with E-state index in [9.17, 15) is 4.79 Å². The summed E-state index contributed by atoms with van der Waals surface area (Å²) in [7, 11) is 0. The molecular formula is C20H27IN4O2. The first-order valence-corrected chi connectivity index (χ1v) is 8.53. The number of benzene rings is 2. The molecule has 27 heavy (non-hydrogen) atoms. The molecule has 0 bridgehead atoms. The van der Waals surface area contributed by atoms with Gasteiger partial charge in [0.2, 0.25) is 5.91 Å². The molecule has 4 N–H and O–H groups in total. The second kappa shape index (κ2) is 10.8. The summed E-state index contributed by atoms with van der Waals surface area (Å²) in [6.07, 6.45) is 0. The highest BCUT2D eigenvalue weighted by Crippen LogP contribution is 2.23. The maximum absolute atomic E-state index is 11.8. The molecule has 2 rings (SSSR count). The van der Waals surface area contributed by atoms with Crippen molar-refractivity contribution < 1.29 is 9.53 Å². The number of hydrogen-bond donors (Lipinski definition) is 3. The molecule has 0 aliphatic heterocycles. The van der Waals surface area contributed by atoms with E-state index >= 15 is 0 Å². The van der Waals surface area contributed by atoms with Gasteiger partial charge in [0.15, 0.2) is 5.96 Å². The fourth-order valence-electron chi connectivity index (χ4n) is 2.06. The molecule has 0 spiro atoms. The molecule has 0 aliphatic rings. The van der Waals surface area contributed by atoms with Crippen LogP contribution in [0.3, 0.4) is 0 Å². The van der Waals surface area contributed by atoms with Crippen molar-refractivity contribution in [2.45, 2.75) is 20.8 Å². The van der Waals surface area contributed by atoms with Crippen molar-refractivity contribution in [3.8, 4) is 11.5 Å². The van der Waals surface area contributed by atoms with Gasteiger partial charge >= 0.3 is 0 Å². The molecule has 0 heterocycles. The highest BCUT2D eigenvalue weighted by molar-refractivity contribution is 14.0. The quantitative estimate of drug-likeness (QED) is 0.252. The van der Waals surface area contributed by atoms with E-state index in [4.69, 9.17) is 10.5 Å². The number of aliphatic imine (C=N–C) groups is 1. The Hall–Kier alpha value is -2.29. The topological polar surface area (TPSA) is 88.7 Å². The predicted molar refractivity (Wildman–Crippen MR) is 121 cm³/mol. The van der Waals surface area contributed by atoms with Gasteiger partial charge in [0.1, 0.15) is 11.5 Å². The molecule has 1 amide bonds. The molecule has 0 saturated heterocycles. The Morgan fingerprint density at radius 3 is 2.41 bits per heavy atom. The fraction of sp³-hybridized carbons (Fsp3) is 0.300. The molecule has 0 aromatic heterocycles. The third kappa shape index (κ3) is 8.29. The molecule has 0 unspecified atom stereocenters. The van der Waals surface area contributed by atoms with Crippen LogP contribution in [0.5, 0.6) is 11.5 Å². The van der Waals surface area contributed by atoms with Crippen molar-refractivity contribution in [2.24, 2.45) is 16.1 Å². The molecule has 0 atom stereocenters. The van der Waals surface area contributed by atoms with E-state index in [1.807, 2.05) is 75.4 Å². The number of para-hydroxylation sites is 1. The van der Waals surface area contributed by atoms with Gasteiger partial charge < -0.3 is 21.1 Å². The molecule has 7 heteroatoms. The first kappa shape index (κ1) is 22.8. The maximum atomic E-state index is 11.8. The van der Waals surface area contributed by atoms with Gasteiger partial charge in [-0.15, -0.1) is 24.0 Å². The fourth-order valence-corrected chi connectivity index (χ4v) is 2.06. The van der Waals surface area contributed by atoms with Crippen LogP contribution in [0, 0.1) is 5.41 Å². The van der Waals surface area contributed by atoms with E-state index in [-0.39, 0.29) is 35.8 Å². The van der Waals surface area contributed by atoms with Gasteiger partial charge in [-0.1, -0.05) is 45.0 Å². The lowest BCUT2D eigenvalue weighted by Gasteiger charge is -2.17. The van der Waals surface area contributed by atoms with Crippen LogP contribution in [0.4, 0.5) is 5.69 Å². The van der Waals surface area contributed by atoms with Crippen LogP contribution in [-0.4, -0.2) is 25.0 Å². The third-order valence-electron chi connectivity index (χ3n) is 3.45. The molecule has 0 saturated carbocycles. The predicted octanol–water partition coefficient (Wildman–Crippen LogP) is 3.99. The number of carbonyl (C=O) groups excluding carboxylic acids is 1. The Morgan fingerprint density at radius 1 is 1.07 bits per heavy atom. The van der Waals surface area contributed by atoms with Gasteiger partial charge in [0, 0.05) is 23.7 Å².